The largest absolute Gasteiger partial charge is 0.508 e. The Morgan fingerprint density at radius 3 is 1.87 bits per heavy atom. The second kappa shape index (κ2) is 21.0. The van der Waals surface area contributed by atoms with E-state index in [4.69, 9.17) is 23.1 Å². The van der Waals surface area contributed by atoms with E-state index in [1.165, 1.54) is 0 Å². The summed E-state index contributed by atoms with van der Waals surface area (Å²) in [6.07, 6.45) is 8.40. The Bertz CT molecular complexity index is 2450. The number of phenols is 1. The Morgan fingerprint density at radius 1 is 0.672 bits per heavy atom. The van der Waals surface area contributed by atoms with Gasteiger partial charge in [0.1, 0.15) is 29.9 Å². The average Bonchev–Trinajstić information content (AvgIpc) is 3.86. The number of halogens is 1. The number of para-hydroxylation sites is 1. The van der Waals surface area contributed by atoms with Crippen LogP contribution in [0.15, 0.2) is 104 Å². The van der Waals surface area contributed by atoms with E-state index in [0.29, 0.717) is 35.4 Å². The minimum Gasteiger partial charge on any atom is -0.508 e. The monoisotopic (exact) mass is 847 g/mol. The fraction of sp³-hybridized carbons (Fsp3) is 0.289. The highest BCUT2D eigenvalue weighted by Crippen LogP contribution is 2.25. The lowest BCUT2D eigenvalue weighted by Crippen LogP contribution is -2.59. The number of amides is 5. The van der Waals surface area contributed by atoms with E-state index >= 15 is 0 Å². The molecule has 0 saturated carbocycles. The number of rotatable bonds is 21. The van der Waals surface area contributed by atoms with Gasteiger partial charge in [0, 0.05) is 70.9 Å². The Kier molecular flexibility index (Phi) is 15.1. The molecule has 15 nitrogen and oxygen atoms in total. The van der Waals surface area contributed by atoms with Gasteiger partial charge in [-0.15, -0.1) is 0 Å². The number of hydrogen-bond acceptors (Lipinski definition) is 8. The summed E-state index contributed by atoms with van der Waals surface area (Å²) in [6.45, 7) is 0.283. The van der Waals surface area contributed by atoms with Crippen LogP contribution in [0.5, 0.6) is 5.75 Å². The quantitative estimate of drug-likeness (QED) is 0.0516. The summed E-state index contributed by atoms with van der Waals surface area (Å²) >= 11 is 6.17. The molecule has 3 aromatic carbocycles. The van der Waals surface area contributed by atoms with Crippen LogP contribution >= 0.6 is 11.6 Å². The van der Waals surface area contributed by atoms with Crippen molar-refractivity contribution in [2.75, 3.05) is 6.54 Å². The van der Waals surface area contributed by atoms with Crippen molar-refractivity contribution in [1.29, 1.82) is 0 Å². The van der Waals surface area contributed by atoms with Crippen LogP contribution in [0.3, 0.4) is 0 Å². The van der Waals surface area contributed by atoms with E-state index in [-0.39, 0.29) is 50.3 Å². The normalized spacial score (nSPS) is 13.2. The predicted octanol–water partition coefficient (Wildman–Crippen LogP) is 3.62. The zero-order valence-electron chi connectivity index (χ0n) is 33.5. The third kappa shape index (κ3) is 12.2. The fourth-order valence-corrected chi connectivity index (χ4v) is 7.37. The van der Waals surface area contributed by atoms with Gasteiger partial charge < -0.3 is 47.8 Å². The molecule has 0 unspecified atom stereocenters. The van der Waals surface area contributed by atoms with Crippen LogP contribution in [-0.4, -0.2) is 80.3 Å². The van der Waals surface area contributed by atoms with Crippen molar-refractivity contribution in [2.45, 2.75) is 75.5 Å². The average molecular weight is 848 g/mol. The molecule has 61 heavy (non-hydrogen) atoms. The molecule has 0 spiro atoms. The molecule has 0 aliphatic heterocycles. The lowest BCUT2D eigenvalue weighted by molar-refractivity contribution is -0.134. The fourth-order valence-electron chi connectivity index (χ4n) is 7.24. The van der Waals surface area contributed by atoms with Crippen LogP contribution in [0.4, 0.5) is 0 Å². The number of aromatic nitrogens is 3. The highest BCUT2D eigenvalue weighted by Gasteiger charge is 2.32. The van der Waals surface area contributed by atoms with Crippen LogP contribution in [0.2, 0.25) is 5.02 Å². The van der Waals surface area contributed by atoms with E-state index < -0.39 is 47.8 Å². The van der Waals surface area contributed by atoms with E-state index in [1.807, 2.05) is 30.5 Å². The zero-order chi connectivity index (χ0) is 43.3. The molecule has 3 aromatic heterocycles. The first-order chi connectivity index (χ1) is 29.5. The third-order valence-electron chi connectivity index (χ3n) is 10.6. The lowest BCUT2D eigenvalue weighted by atomic mass is 10.00. The van der Waals surface area contributed by atoms with Crippen LogP contribution in [0, 0.1) is 0 Å². The Balaban J connectivity index is 1.23. The molecule has 16 heteroatoms. The number of hydrogen-bond donors (Lipinski definition) is 9. The summed E-state index contributed by atoms with van der Waals surface area (Å²) in [4.78, 5) is 78.9. The number of phenolic OH excluding ortho intramolecular Hbond substituents is 1. The minimum absolute atomic E-state index is 0.00242. The van der Waals surface area contributed by atoms with Crippen LogP contribution in [0.25, 0.3) is 21.8 Å². The molecule has 4 atom stereocenters. The van der Waals surface area contributed by atoms with Gasteiger partial charge in [0.25, 0.3) is 0 Å². The molecular formula is C45H50ClN9O6. The number of aromatic hydroxyl groups is 1. The molecule has 0 bridgehead atoms. The summed E-state index contributed by atoms with van der Waals surface area (Å²) in [5.74, 6) is -3.01. The summed E-state index contributed by atoms with van der Waals surface area (Å²) in [7, 11) is 0. The van der Waals surface area contributed by atoms with Gasteiger partial charge in [-0.3, -0.25) is 29.0 Å². The van der Waals surface area contributed by atoms with Gasteiger partial charge in [-0.05, 0) is 109 Å². The molecule has 0 saturated heterocycles. The molecule has 6 rings (SSSR count). The number of nitrogens with two attached hydrogens (primary N) is 2. The molecule has 5 amide bonds. The maximum Gasteiger partial charge on any atom is 0.243 e. The molecule has 11 N–H and O–H groups in total. The van der Waals surface area contributed by atoms with Gasteiger partial charge in [0.2, 0.25) is 29.5 Å². The van der Waals surface area contributed by atoms with Crippen LogP contribution in [-0.2, 0) is 49.7 Å². The number of carbonyl (C=O) groups is 5. The first-order valence-corrected chi connectivity index (χ1v) is 20.5. The van der Waals surface area contributed by atoms with E-state index in [9.17, 15) is 29.1 Å². The Labute approximate surface area is 357 Å². The number of primary amides is 1. The number of carbonyl (C=O) groups excluding carboxylic acids is 5. The molecule has 0 aliphatic rings. The van der Waals surface area contributed by atoms with E-state index in [1.54, 1.807) is 73.2 Å². The highest BCUT2D eigenvalue weighted by atomic mass is 35.5. The molecule has 6 aromatic rings. The van der Waals surface area contributed by atoms with Crippen LogP contribution < -0.4 is 32.7 Å². The molecule has 0 fully saturated rings. The van der Waals surface area contributed by atoms with Crippen molar-refractivity contribution in [3.05, 3.63) is 131 Å². The van der Waals surface area contributed by atoms with Crippen molar-refractivity contribution < 1.29 is 29.1 Å². The van der Waals surface area contributed by atoms with Gasteiger partial charge >= 0.3 is 0 Å². The van der Waals surface area contributed by atoms with Gasteiger partial charge in [0.15, 0.2) is 0 Å². The molecule has 0 radical (unpaired) electrons. The lowest BCUT2D eigenvalue weighted by Gasteiger charge is -2.26. The number of aromatic amines is 2. The SMILES string of the molecule is NCCCC(=O)N[C@@H](CCc1c[nH]c2ccc(O)cc12)C(=O)N[C@@H](Cc1ccc(Cl)cc1)C(=O)N[C@@H](Cc1ccncc1)C(=O)N[C@H](CCc1c[nH]c2ccccc12)C(N)=O. The Hall–Kier alpha value is -6.71. The maximum absolute atomic E-state index is 14.4. The minimum atomic E-state index is -1.23. The predicted molar refractivity (Wildman–Crippen MR) is 233 cm³/mol. The molecule has 318 valence electrons. The second-order valence-electron chi connectivity index (χ2n) is 15.0. The number of nitrogens with zero attached hydrogens (tertiary/aromatic N) is 1. The summed E-state index contributed by atoms with van der Waals surface area (Å²) in [6, 6.07) is 18.3. The molecule has 3 heterocycles. The van der Waals surface area contributed by atoms with Crippen LogP contribution in [0.1, 0.15) is 47.9 Å². The highest BCUT2D eigenvalue weighted by molar-refractivity contribution is 6.30. The maximum atomic E-state index is 14.4. The third-order valence-corrected chi connectivity index (χ3v) is 10.8. The first-order valence-electron chi connectivity index (χ1n) is 20.1. The topological polar surface area (TPSA) is 250 Å². The summed E-state index contributed by atoms with van der Waals surface area (Å²) in [5.41, 5.74) is 16.3. The van der Waals surface area contributed by atoms with Gasteiger partial charge in [-0.1, -0.05) is 41.9 Å². The standard InChI is InChI=1S/C45H50ClN9O6/c46-31-11-7-27(8-12-31)22-39(54-43(59)38(52-41(57)6-3-19-47)15-10-30-26-51-36-16-13-32(56)24-34(30)36)45(61)55-40(23-28-17-20-49-21-18-28)44(60)53-37(42(48)58)14-9-29-25-50-35-5-2-1-4-33(29)35/h1-2,4-5,7-8,11-13,16-18,20-21,24-26,37-40,50-51,56H,3,6,9-10,14-15,19,22-23,47H2,(H2,48,58)(H,52,57)(H,53,60)(H,54,59)(H,55,61)/t37-,38+,39+,40+/m1/s1. The smallest absolute Gasteiger partial charge is 0.243 e. The Morgan fingerprint density at radius 2 is 1.23 bits per heavy atom. The molecule has 0 aliphatic carbocycles. The number of H-pyrrole nitrogens is 2. The van der Waals surface area contributed by atoms with Gasteiger partial charge in [-0.2, -0.15) is 0 Å². The van der Waals surface area contributed by atoms with Crippen molar-refractivity contribution in [3.8, 4) is 5.75 Å². The molecular weight excluding hydrogens is 798 g/mol. The number of aryl methyl sites for hydroxylation is 2. The van der Waals surface area contributed by atoms with E-state index in [2.05, 4.69) is 36.2 Å². The number of pyridine rings is 1. The summed E-state index contributed by atoms with van der Waals surface area (Å²) in [5, 5.41) is 23.6. The summed E-state index contributed by atoms with van der Waals surface area (Å²) < 4.78 is 0. The van der Waals surface area contributed by atoms with Crippen molar-refractivity contribution >= 4 is 62.9 Å². The van der Waals surface area contributed by atoms with Gasteiger partial charge in [0.05, 0.1) is 0 Å². The van der Waals surface area contributed by atoms with Gasteiger partial charge in [-0.25, -0.2) is 0 Å². The zero-order valence-corrected chi connectivity index (χ0v) is 34.2. The number of fused-ring (bicyclic) bond motifs is 2. The number of benzene rings is 3. The second-order valence-corrected chi connectivity index (χ2v) is 15.4. The number of nitrogens with one attached hydrogen (secondary N) is 6. The first kappa shape index (κ1) is 43.9. The van der Waals surface area contributed by atoms with Crippen molar-refractivity contribution in [3.63, 3.8) is 0 Å². The van der Waals surface area contributed by atoms with E-state index in [0.717, 1.165) is 32.9 Å². The van der Waals surface area contributed by atoms with Crippen molar-refractivity contribution in [1.82, 2.24) is 36.2 Å². The van der Waals surface area contributed by atoms with Crippen molar-refractivity contribution in [2.24, 2.45) is 11.5 Å².